The summed E-state index contributed by atoms with van der Waals surface area (Å²) in [5.41, 5.74) is 6.14. The molecule has 2 aromatic heterocycles. The number of hydrogen-bond acceptors (Lipinski definition) is 7. The van der Waals surface area contributed by atoms with Crippen LogP contribution in [0.1, 0.15) is 41.0 Å². The Morgan fingerprint density at radius 3 is 2.66 bits per heavy atom. The van der Waals surface area contributed by atoms with E-state index >= 15 is 0 Å². The smallest absolute Gasteiger partial charge is 0.271 e. The van der Waals surface area contributed by atoms with Gasteiger partial charge in [-0.3, -0.25) is 14.4 Å². The van der Waals surface area contributed by atoms with Gasteiger partial charge in [-0.25, -0.2) is 9.97 Å². The summed E-state index contributed by atoms with van der Waals surface area (Å²) in [6, 6.07) is 8.45. The van der Waals surface area contributed by atoms with Gasteiger partial charge in [0.15, 0.2) is 5.69 Å². The molecule has 1 aromatic carbocycles. The maximum Gasteiger partial charge on any atom is 0.271 e. The highest BCUT2D eigenvalue weighted by Gasteiger charge is 2.39. The number of rotatable bonds is 5. The predicted octanol–water partition coefficient (Wildman–Crippen LogP) is 2.56. The number of carbonyl (C=O) groups is 1. The van der Waals surface area contributed by atoms with Crippen LogP contribution < -0.4 is 10.6 Å². The molecule has 0 unspecified atom stereocenters. The van der Waals surface area contributed by atoms with Crippen molar-refractivity contribution in [1.82, 2.24) is 34.9 Å². The molecule has 1 aliphatic heterocycles. The maximum absolute atomic E-state index is 12.6. The summed E-state index contributed by atoms with van der Waals surface area (Å²) in [6.45, 7) is 9.60. The van der Waals surface area contributed by atoms with Gasteiger partial charge in [-0.05, 0) is 42.1 Å². The first-order valence-corrected chi connectivity index (χ1v) is 12.2. The Balaban J connectivity index is 1.42. The van der Waals surface area contributed by atoms with Gasteiger partial charge in [0, 0.05) is 64.3 Å². The average molecular weight is 475 g/mol. The number of benzene rings is 1. The molecular weight excluding hydrogens is 440 g/mol. The van der Waals surface area contributed by atoms with Crippen molar-refractivity contribution in [2.45, 2.75) is 32.2 Å². The summed E-state index contributed by atoms with van der Waals surface area (Å²) in [4.78, 5) is 26.9. The van der Waals surface area contributed by atoms with Crippen LogP contribution in [0, 0.1) is 0 Å². The molecule has 3 aromatic rings. The minimum Gasteiger partial charge on any atom is -0.354 e. The van der Waals surface area contributed by atoms with Gasteiger partial charge >= 0.3 is 0 Å². The normalized spacial score (nSPS) is 17.5. The van der Waals surface area contributed by atoms with E-state index in [2.05, 4.69) is 69.6 Å². The minimum atomic E-state index is -0.256. The van der Waals surface area contributed by atoms with Crippen LogP contribution in [0.4, 0.5) is 11.6 Å². The number of anilines is 2. The first-order chi connectivity index (χ1) is 16.7. The predicted molar refractivity (Wildman–Crippen MR) is 137 cm³/mol. The zero-order valence-corrected chi connectivity index (χ0v) is 21.2. The number of nitrogens with one attached hydrogen (secondary N) is 2. The molecule has 0 atom stereocenters. The number of aromatic nitrogens is 4. The minimum absolute atomic E-state index is 0.178. The van der Waals surface area contributed by atoms with Crippen LogP contribution in [0.3, 0.4) is 0 Å². The van der Waals surface area contributed by atoms with Gasteiger partial charge < -0.3 is 15.5 Å². The molecule has 9 heteroatoms. The molecule has 0 radical (unpaired) electrons. The number of likely N-dealkylation sites (N-methyl/N-ethyl adjacent to an activating group) is 1. The molecule has 1 aliphatic carbocycles. The van der Waals surface area contributed by atoms with Crippen LogP contribution in [-0.4, -0.2) is 75.7 Å². The second-order valence-corrected chi connectivity index (χ2v) is 10.3. The molecule has 2 aliphatic rings. The van der Waals surface area contributed by atoms with Crippen LogP contribution in [0.25, 0.3) is 11.4 Å². The largest absolute Gasteiger partial charge is 0.354 e. The lowest BCUT2D eigenvalue weighted by Crippen LogP contribution is -2.43. The molecule has 1 saturated heterocycles. The van der Waals surface area contributed by atoms with E-state index in [4.69, 9.17) is 4.98 Å². The Bertz CT molecular complexity index is 1260. The van der Waals surface area contributed by atoms with Gasteiger partial charge in [-0.15, -0.1) is 0 Å². The third-order valence-electron chi connectivity index (χ3n) is 7.07. The van der Waals surface area contributed by atoms with Crippen molar-refractivity contribution in [3.8, 4) is 11.4 Å². The van der Waals surface area contributed by atoms with E-state index in [1.165, 1.54) is 5.56 Å². The van der Waals surface area contributed by atoms with Gasteiger partial charge in [0.2, 0.25) is 5.95 Å². The highest BCUT2D eigenvalue weighted by atomic mass is 16.1. The number of fused-ring (bicyclic) bond motifs is 3. The highest BCUT2D eigenvalue weighted by Crippen LogP contribution is 2.43. The monoisotopic (exact) mass is 474 g/mol. The Morgan fingerprint density at radius 1 is 1.14 bits per heavy atom. The lowest BCUT2D eigenvalue weighted by atomic mass is 9.73. The number of aryl methyl sites for hydroxylation is 1. The number of piperazine rings is 1. The molecule has 0 spiro atoms. The van der Waals surface area contributed by atoms with Crippen LogP contribution in [0.15, 0.2) is 30.5 Å². The van der Waals surface area contributed by atoms with Crippen molar-refractivity contribution in [3.05, 3.63) is 52.8 Å². The van der Waals surface area contributed by atoms with E-state index < -0.39 is 0 Å². The van der Waals surface area contributed by atoms with Gasteiger partial charge in [-0.1, -0.05) is 26.0 Å². The fraction of sp³-hybridized carbons (Fsp3) is 0.462. The van der Waals surface area contributed by atoms with Crippen molar-refractivity contribution in [2.75, 3.05) is 45.6 Å². The van der Waals surface area contributed by atoms with E-state index in [9.17, 15) is 4.79 Å². The van der Waals surface area contributed by atoms with E-state index in [1.807, 2.05) is 19.3 Å². The van der Waals surface area contributed by atoms with Crippen molar-refractivity contribution in [1.29, 1.82) is 0 Å². The fourth-order valence-electron chi connectivity index (χ4n) is 5.22. The standard InChI is InChI=1S/C26H34N8O/c1-26(2)14-18-15-28-25(30-21(18)23-20(26)22(24(35)27-3)31-33(23)5)29-19-8-6-7-17(13-19)16-34-11-9-32(4)10-12-34/h6-8,13,15H,9-12,14,16H2,1-5H3,(H,27,35)(H,28,29,30). The van der Waals surface area contributed by atoms with Crippen molar-refractivity contribution < 1.29 is 4.79 Å². The van der Waals surface area contributed by atoms with E-state index in [0.29, 0.717) is 11.6 Å². The van der Waals surface area contributed by atoms with Crippen molar-refractivity contribution in [2.24, 2.45) is 7.05 Å². The average Bonchev–Trinajstić information content (AvgIpc) is 3.19. The van der Waals surface area contributed by atoms with Gasteiger partial charge in [-0.2, -0.15) is 5.10 Å². The Morgan fingerprint density at radius 2 is 1.91 bits per heavy atom. The van der Waals surface area contributed by atoms with E-state index in [0.717, 1.165) is 67.3 Å². The quantitative estimate of drug-likeness (QED) is 0.587. The molecule has 5 rings (SSSR count). The van der Waals surface area contributed by atoms with Crippen molar-refractivity contribution >= 4 is 17.5 Å². The molecular formula is C26H34N8O. The van der Waals surface area contributed by atoms with Gasteiger partial charge in [0.05, 0.1) is 11.4 Å². The number of carbonyl (C=O) groups excluding carboxylic acids is 1. The first kappa shape index (κ1) is 23.4. The molecule has 2 N–H and O–H groups in total. The van der Waals surface area contributed by atoms with E-state index in [-0.39, 0.29) is 11.3 Å². The van der Waals surface area contributed by atoms with Crippen LogP contribution >= 0.6 is 0 Å². The third-order valence-corrected chi connectivity index (χ3v) is 7.07. The second-order valence-electron chi connectivity index (χ2n) is 10.3. The molecule has 3 heterocycles. The zero-order chi connectivity index (χ0) is 24.7. The molecule has 184 valence electrons. The summed E-state index contributed by atoms with van der Waals surface area (Å²) in [5, 5.41) is 10.7. The van der Waals surface area contributed by atoms with Gasteiger partial charge in [0.25, 0.3) is 5.91 Å². The molecule has 35 heavy (non-hydrogen) atoms. The number of hydrogen-bond donors (Lipinski definition) is 2. The fourth-order valence-corrected chi connectivity index (χ4v) is 5.22. The summed E-state index contributed by atoms with van der Waals surface area (Å²) in [7, 11) is 5.68. The summed E-state index contributed by atoms with van der Waals surface area (Å²) >= 11 is 0. The Hall–Kier alpha value is -3.30. The first-order valence-electron chi connectivity index (χ1n) is 12.2. The number of nitrogens with zero attached hydrogens (tertiary/aromatic N) is 6. The lowest BCUT2D eigenvalue weighted by molar-refractivity contribution is 0.0955. The summed E-state index contributed by atoms with van der Waals surface area (Å²) in [6.07, 6.45) is 2.64. The zero-order valence-electron chi connectivity index (χ0n) is 21.2. The lowest BCUT2D eigenvalue weighted by Gasteiger charge is -2.32. The highest BCUT2D eigenvalue weighted by molar-refractivity contribution is 5.96. The molecule has 1 fully saturated rings. The van der Waals surface area contributed by atoms with Crippen molar-refractivity contribution in [3.63, 3.8) is 0 Å². The molecule has 9 nitrogen and oxygen atoms in total. The van der Waals surface area contributed by atoms with Gasteiger partial charge in [0.1, 0.15) is 0 Å². The molecule has 0 saturated carbocycles. The Labute approximate surface area is 206 Å². The topological polar surface area (TPSA) is 91.2 Å². The summed E-state index contributed by atoms with van der Waals surface area (Å²) in [5.74, 6) is 0.358. The SMILES string of the molecule is CNC(=O)c1nn(C)c2c1C(C)(C)Cc1cnc(Nc3cccc(CN4CCN(C)CC4)c3)nc1-2. The molecule has 0 bridgehead atoms. The van der Waals surface area contributed by atoms with Crippen LogP contribution in [0.5, 0.6) is 0 Å². The second kappa shape index (κ2) is 9.05. The van der Waals surface area contributed by atoms with Crippen LogP contribution in [0.2, 0.25) is 0 Å². The summed E-state index contributed by atoms with van der Waals surface area (Å²) < 4.78 is 1.77. The van der Waals surface area contributed by atoms with E-state index in [1.54, 1.807) is 11.7 Å². The third kappa shape index (κ3) is 4.53. The number of amides is 1. The molecule has 1 amide bonds. The maximum atomic E-state index is 12.6. The van der Waals surface area contributed by atoms with Crippen LogP contribution in [-0.2, 0) is 25.4 Å². The Kier molecular flexibility index (Phi) is 6.06.